The number of nitrogens with one attached hydrogen (secondary N) is 1. The normalized spacial score (nSPS) is 10.6. The van der Waals surface area contributed by atoms with E-state index < -0.39 is 0 Å². The number of hydrogen-bond donors (Lipinski definition) is 1. The Morgan fingerprint density at radius 3 is 2.64 bits per heavy atom. The Kier molecular flexibility index (Phi) is 5.15. The second kappa shape index (κ2) is 8.22. The van der Waals surface area contributed by atoms with Crippen molar-refractivity contribution in [2.45, 2.75) is 6.42 Å². The van der Waals surface area contributed by atoms with Crippen LogP contribution in [-0.2, 0) is 11.2 Å². The molecule has 0 saturated carbocycles. The summed E-state index contributed by atoms with van der Waals surface area (Å²) in [4.78, 5) is 16.6. The lowest BCUT2D eigenvalue weighted by atomic mass is 10.1. The molecule has 2 aromatic heterocycles. The molecule has 4 rings (SSSR count). The third kappa shape index (κ3) is 4.27. The molecule has 0 saturated heterocycles. The van der Waals surface area contributed by atoms with E-state index in [2.05, 4.69) is 15.5 Å². The second-order valence-electron chi connectivity index (χ2n) is 5.97. The first-order valence-corrected chi connectivity index (χ1v) is 8.70. The molecule has 7 nitrogen and oxygen atoms in total. The highest BCUT2D eigenvalue weighted by Gasteiger charge is 2.14. The smallest absolute Gasteiger partial charge is 0.262 e. The molecule has 140 valence electrons. The van der Waals surface area contributed by atoms with E-state index in [4.69, 9.17) is 13.7 Å². The zero-order chi connectivity index (χ0) is 19.2. The quantitative estimate of drug-likeness (QED) is 0.526. The predicted molar refractivity (Wildman–Crippen MR) is 102 cm³/mol. The van der Waals surface area contributed by atoms with E-state index in [1.165, 1.54) is 0 Å². The van der Waals surface area contributed by atoms with Crippen molar-refractivity contribution in [3.8, 4) is 17.3 Å². The molecular weight excluding hydrogens is 358 g/mol. The molecule has 0 unspecified atom stereocenters. The number of benzene rings is 2. The number of carbonyl (C=O) groups excluding carboxylic acids is 1. The van der Waals surface area contributed by atoms with Crippen LogP contribution >= 0.6 is 0 Å². The SMILES string of the molecule is O=C(COc1ccccc1)Nc1ccccc1Cc1nc(-c2ccco2)no1. The third-order valence-electron chi connectivity index (χ3n) is 3.96. The van der Waals surface area contributed by atoms with Crippen LogP contribution in [0.15, 0.2) is 81.9 Å². The fraction of sp³-hybridized carbons (Fsp3) is 0.0952. The fourth-order valence-corrected chi connectivity index (χ4v) is 2.64. The maximum Gasteiger partial charge on any atom is 0.262 e. The van der Waals surface area contributed by atoms with Crippen LogP contribution in [0.5, 0.6) is 5.75 Å². The van der Waals surface area contributed by atoms with Crippen molar-refractivity contribution in [1.29, 1.82) is 0 Å². The molecule has 4 aromatic rings. The summed E-state index contributed by atoms with van der Waals surface area (Å²) in [6.45, 7) is -0.0818. The van der Waals surface area contributed by atoms with Crippen LogP contribution in [0, 0.1) is 0 Å². The van der Waals surface area contributed by atoms with E-state index in [-0.39, 0.29) is 12.5 Å². The molecule has 0 fully saturated rings. The standard InChI is InChI=1S/C21H17N3O4/c25-19(14-27-16-8-2-1-3-9-16)22-17-10-5-4-7-15(17)13-20-23-21(24-28-20)18-11-6-12-26-18/h1-12H,13-14H2,(H,22,25). The first-order chi connectivity index (χ1) is 13.8. The highest BCUT2D eigenvalue weighted by atomic mass is 16.5. The van der Waals surface area contributed by atoms with Crippen molar-refractivity contribution in [3.05, 3.63) is 84.4 Å². The molecule has 1 amide bonds. The van der Waals surface area contributed by atoms with Gasteiger partial charge in [-0.3, -0.25) is 4.79 Å². The molecular formula is C21H17N3O4. The van der Waals surface area contributed by atoms with Crippen LogP contribution in [0.4, 0.5) is 5.69 Å². The Morgan fingerprint density at radius 2 is 1.82 bits per heavy atom. The van der Waals surface area contributed by atoms with Gasteiger partial charge < -0.3 is 19.0 Å². The molecule has 0 radical (unpaired) electrons. The summed E-state index contributed by atoms with van der Waals surface area (Å²) < 4.78 is 16.0. The maximum absolute atomic E-state index is 12.3. The molecule has 0 bridgehead atoms. The summed E-state index contributed by atoms with van der Waals surface area (Å²) in [5.74, 6) is 1.74. The zero-order valence-electron chi connectivity index (χ0n) is 14.9. The molecule has 28 heavy (non-hydrogen) atoms. The zero-order valence-corrected chi connectivity index (χ0v) is 14.9. The van der Waals surface area contributed by atoms with E-state index in [1.807, 2.05) is 42.5 Å². The summed E-state index contributed by atoms with van der Waals surface area (Å²) in [5, 5.41) is 6.78. The lowest BCUT2D eigenvalue weighted by Gasteiger charge is -2.10. The predicted octanol–water partition coefficient (Wildman–Crippen LogP) is 3.94. The van der Waals surface area contributed by atoms with Gasteiger partial charge in [0.2, 0.25) is 11.7 Å². The van der Waals surface area contributed by atoms with Crippen LogP contribution in [0.3, 0.4) is 0 Å². The maximum atomic E-state index is 12.3. The number of rotatable bonds is 7. The fourth-order valence-electron chi connectivity index (χ4n) is 2.64. The molecule has 0 aliphatic carbocycles. The molecule has 0 spiro atoms. The summed E-state index contributed by atoms with van der Waals surface area (Å²) in [6, 6.07) is 20.1. The number of aromatic nitrogens is 2. The highest BCUT2D eigenvalue weighted by Crippen LogP contribution is 2.21. The Morgan fingerprint density at radius 1 is 1.00 bits per heavy atom. The van der Waals surface area contributed by atoms with Gasteiger partial charge in [-0.05, 0) is 35.9 Å². The van der Waals surface area contributed by atoms with Gasteiger partial charge in [-0.1, -0.05) is 41.6 Å². The van der Waals surface area contributed by atoms with Crippen LogP contribution < -0.4 is 10.1 Å². The average Bonchev–Trinajstić information content (AvgIpc) is 3.41. The van der Waals surface area contributed by atoms with E-state index in [0.29, 0.717) is 35.3 Å². The molecule has 1 N–H and O–H groups in total. The summed E-state index contributed by atoms with van der Waals surface area (Å²) >= 11 is 0. The lowest BCUT2D eigenvalue weighted by molar-refractivity contribution is -0.118. The monoisotopic (exact) mass is 375 g/mol. The Bertz CT molecular complexity index is 1040. The second-order valence-corrected chi connectivity index (χ2v) is 5.97. The van der Waals surface area contributed by atoms with E-state index in [0.717, 1.165) is 5.56 Å². The minimum Gasteiger partial charge on any atom is -0.484 e. The Balaban J connectivity index is 1.41. The van der Waals surface area contributed by atoms with Crippen molar-refractivity contribution >= 4 is 11.6 Å². The van der Waals surface area contributed by atoms with Gasteiger partial charge in [0.25, 0.3) is 5.91 Å². The van der Waals surface area contributed by atoms with Crippen molar-refractivity contribution in [2.75, 3.05) is 11.9 Å². The number of para-hydroxylation sites is 2. The Hall–Kier alpha value is -3.87. The van der Waals surface area contributed by atoms with Crippen LogP contribution in [0.25, 0.3) is 11.6 Å². The van der Waals surface area contributed by atoms with Crippen LogP contribution in [0.2, 0.25) is 0 Å². The number of carbonyl (C=O) groups is 1. The minimum atomic E-state index is -0.252. The molecule has 0 atom stereocenters. The summed E-state index contributed by atoms with van der Waals surface area (Å²) in [7, 11) is 0. The van der Waals surface area contributed by atoms with Gasteiger partial charge in [0.1, 0.15) is 5.75 Å². The van der Waals surface area contributed by atoms with Gasteiger partial charge >= 0.3 is 0 Å². The van der Waals surface area contributed by atoms with Gasteiger partial charge in [0, 0.05) is 5.69 Å². The molecule has 2 heterocycles. The number of ether oxygens (including phenoxy) is 1. The van der Waals surface area contributed by atoms with E-state index in [1.54, 1.807) is 30.5 Å². The molecule has 2 aromatic carbocycles. The summed E-state index contributed by atoms with van der Waals surface area (Å²) in [5.41, 5.74) is 1.52. The van der Waals surface area contributed by atoms with Gasteiger partial charge in [0.05, 0.1) is 12.7 Å². The number of nitrogens with zero attached hydrogens (tertiary/aromatic N) is 2. The van der Waals surface area contributed by atoms with Crippen LogP contribution in [0.1, 0.15) is 11.5 Å². The van der Waals surface area contributed by atoms with Crippen molar-refractivity contribution in [1.82, 2.24) is 10.1 Å². The highest BCUT2D eigenvalue weighted by molar-refractivity contribution is 5.92. The first kappa shape index (κ1) is 17.5. The number of anilines is 1. The molecule has 7 heteroatoms. The van der Waals surface area contributed by atoms with Gasteiger partial charge in [-0.25, -0.2) is 0 Å². The molecule has 0 aliphatic rings. The van der Waals surface area contributed by atoms with Gasteiger partial charge in [0.15, 0.2) is 12.4 Å². The average molecular weight is 375 g/mol. The Labute approximate surface area is 161 Å². The number of amides is 1. The largest absolute Gasteiger partial charge is 0.484 e. The summed E-state index contributed by atoms with van der Waals surface area (Å²) in [6.07, 6.45) is 1.93. The number of furan rings is 1. The van der Waals surface area contributed by atoms with Crippen LogP contribution in [-0.4, -0.2) is 22.7 Å². The first-order valence-electron chi connectivity index (χ1n) is 8.70. The topological polar surface area (TPSA) is 90.4 Å². The van der Waals surface area contributed by atoms with Gasteiger partial charge in [-0.15, -0.1) is 0 Å². The lowest BCUT2D eigenvalue weighted by Crippen LogP contribution is -2.21. The van der Waals surface area contributed by atoms with Crippen molar-refractivity contribution in [3.63, 3.8) is 0 Å². The van der Waals surface area contributed by atoms with Crippen molar-refractivity contribution < 1.29 is 18.5 Å². The minimum absolute atomic E-state index is 0.0818. The molecule has 0 aliphatic heterocycles. The van der Waals surface area contributed by atoms with Crippen molar-refractivity contribution in [2.24, 2.45) is 0 Å². The number of hydrogen-bond acceptors (Lipinski definition) is 6. The van der Waals surface area contributed by atoms with Gasteiger partial charge in [-0.2, -0.15) is 4.98 Å². The third-order valence-corrected chi connectivity index (χ3v) is 3.96. The van der Waals surface area contributed by atoms with E-state index in [9.17, 15) is 4.79 Å². The van der Waals surface area contributed by atoms with E-state index >= 15 is 0 Å².